The van der Waals surface area contributed by atoms with E-state index in [4.69, 9.17) is 11.6 Å². The highest BCUT2D eigenvalue weighted by molar-refractivity contribution is 6.33. The van der Waals surface area contributed by atoms with Gasteiger partial charge in [-0.05, 0) is 61.4 Å². The Morgan fingerprint density at radius 3 is 2.70 bits per heavy atom. The number of rotatable bonds is 5. The third-order valence-electron chi connectivity index (χ3n) is 4.26. The molecular weight excluding hydrogens is 365 g/mol. The summed E-state index contributed by atoms with van der Waals surface area (Å²) in [5.74, 6) is -0.311. The Balaban J connectivity index is 1.89. The minimum absolute atomic E-state index is 0.305. The zero-order chi connectivity index (χ0) is 19.4. The molecule has 0 radical (unpaired) electrons. The molecule has 0 fully saturated rings. The Labute approximate surface area is 162 Å². The molecule has 0 aliphatic carbocycles. The number of aryl methyl sites for hydroxylation is 2. The van der Waals surface area contributed by atoms with Crippen molar-refractivity contribution < 1.29 is 9.18 Å². The average molecular weight is 384 g/mol. The van der Waals surface area contributed by atoms with Crippen molar-refractivity contribution in [1.29, 1.82) is 0 Å². The van der Waals surface area contributed by atoms with Gasteiger partial charge in [-0.15, -0.1) is 0 Å². The van der Waals surface area contributed by atoms with E-state index in [1.54, 1.807) is 37.4 Å². The number of benzene rings is 1. The molecule has 3 rings (SSSR count). The smallest absolute Gasteiger partial charge is 0.257 e. The lowest BCUT2D eigenvalue weighted by Crippen LogP contribution is -2.14. The van der Waals surface area contributed by atoms with Gasteiger partial charge in [0, 0.05) is 17.4 Å². The number of carbonyl (C=O) groups is 1. The first-order valence-electron chi connectivity index (χ1n) is 8.60. The van der Waals surface area contributed by atoms with Crippen molar-refractivity contribution >= 4 is 23.2 Å². The van der Waals surface area contributed by atoms with Crippen LogP contribution in [-0.2, 0) is 13.1 Å². The maximum atomic E-state index is 12.7. The molecule has 6 heteroatoms. The van der Waals surface area contributed by atoms with Crippen molar-refractivity contribution in [1.82, 2.24) is 9.97 Å². The van der Waals surface area contributed by atoms with Crippen LogP contribution < -0.4 is 5.32 Å². The van der Waals surface area contributed by atoms with Gasteiger partial charge in [-0.3, -0.25) is 14.8 Å². The highest BCUT2D eigenvalue weighted by atomic mass is 35.5. The van der Waals surface area contributed by atoms with Crippen LogP contribution in [0.25, 0.3) is 11.3 Å². The number of carbonyl (C=O) groups excluding carboxylic acids is 1. The van der Waals surface area contributed by atoms with Gasteiger partial charge < -0.3 is 5.32 Å². The highest BCUT2D eigenvalue weighted by Crippen LogP contribution is 2.30. The summed E-state index contributed by atoms with van der Waals surface area (Å²) in [6.07, 6.45) is 2.64. The summed E-state index contributed by atoms with van der Waals surface area (Å²) >= 11 is 6.34. The number of hydrogen-bond acceptors (Lipinski definition) is 3. The van der Waals surface area contributed by atoms with Gasteiger partial charge >= 0.3 is 0 Å². The Morgan fingerprint density at radius 1 is 1.19 bits per heavy atom. The van der Waals surface area contributed by atoms with Crippen LogP contribution in [0.5, 0.6) is 0 Å². The maximum absolute atomic E-state index is 12.7. The maximum Gasteiger partial charge on any atom is 0.257 e. The standard InChI is InChI=1S/C21H19ClFN3O/c1-3-14-8-9-24-20(10-14)18-11-15(5-7-19(18)22)26-21(27)17-6-4-16(12-23)25-13(17)2/h4-11H,3,12H2,1-2H3,(H,26,27). The SMILES string of the molecule is CCc1ccnc(-c2cc(NC(=O)c3ccc(CF)nc3C)ccc2Cl)c1. The molecule has 1 amide bonds. The van der Waals surface area contributed by atoms with Gasteiger partial charge in [-0.1, -0.05) is 18.5 Å². The van der Waals surface area contributed by atoms with Crippen LogP contribution in [-0.4, -0.2) is 15.9 Å². The van der Waals surface area contributed by atoms with Crippen molar-refractivity contribution in [3.05, 3.63) is 76.2 Å². The van der Waals surface area contributed by atoms with Gasteiger partial charge in [0.1, 0.15) is 6.67 Å². The molecule has 0 atom stereocenters. The van der Waals surface area contributed by atoms with Crippen molar-refractivity contribution in [3.8, 4) is 11.3 Å². The minimum Gasteiger partial charge on any atom is -0.322 e. The molecule has 0 bridgehead atoms. The van der Waals surface area contributed by atoms with E-state index in [1.807, 2.05) is 12.1 Å². The zero-order valence-corrected chi connectivity index (χ0v) is 15.8. The quantitative estimate of drug-likeness (QED) is 0.642. The second-order valence-electron chi connectivity index (χ2n) is 6.12. The number of aromatic nitrogens is 2. The van der Waals surface area contributed by atoms with Gasteiger partial charge in [0.2, 0.25) is 0 Å². The van der Waals surface area contributed by atoms with Crippen LogP contribution in [0.4, 0.5) is 10.1 Å². The second kappa shape index (κ2) is 8.27. The average Bonchev–Trinajstić information content (AvgIpc) is 2.69. The van der Waals surface area contributed by atoms with Gasteiger partial charge in [-0.25, -0.2) is 4.39 Å². The Morgan fingerprint density at radius 2 is 2.00 bits per heavy atom. The lowest BCUT2D eigenvalue weighted by atomic mass is 10.1. The van der Waals surface area contributed by atoms with E-state index in [2.05, 4.69) is 22.2 Å². The topological polar surface area (TPSA) is 54.9 Å². The van der Waals surface area contributed by atoms with Gasteiger partial charge in [0.25, 0.3) is 5.91 Å². The van der Waals surface area contributed by atoms with E-state index in [0.29, 0.717) is 27.7 Å². The third-order valence-corrected chi connectivity index (χ3v) is 4.59. The number of pyridine rings is 2. The third kappa shape index (κ3) is 4.31. The van der Waals surface area contributed by atoms with Gasteiger partial charge in [0.05, 0.1) is 27.7 Å². The van der Waals surface area contributed by atoms with E-state index in [1.165, 1.54) is 6.07 Å². The number of nitrogens with zero attached hydrogens (tertiary/aromatic N) is 2. The summed E-state index contributed by atoms with van der Waals surface area (Å²) in [5.41, 5.74) is 4.42. The second-order valence-corrected chi connectivity index (χ2v) is 6.53. The summed E-state index contributed by atoms with van der Waals surface area (Å²) in [7, 11) is 0. The molecule has 0 saturated heterocycles. The number of anilines is 1. The van der Waals surface area contributed by atoms with Crippen molar-refractivity contribution in [3.63, 3.8) is 0 Å². The fourth-order valence-electron chi connectivity index (χ4n) is 2.77. The fourth-order valence-corrected chi connectivity index (χ4v) is 2.98. The predicted molar refractivity (Wildman–Crippen MR) is 106 cm³/mol. The number of nitrogens with one attached hydrogen (secondary N) is 1. The molecule has 0 spiro atoms. The number of halogens is 2. The molecule has 4 nitrogen and oxygen atoms in total. The first-order valence-corrected chi connectivity index (χ1v) is 8.98. The van der Waals surface area contributed by atoms with Crippen LogP contribution in [0.15, 0.2) is 48.7 Å². The molecule has 2 aromatic heterocycles. The van der Waals surface area contributed by atoms with Gasteiger partial charge in [0.15, 0.2) is 0 Å². The van der Waals surface area contributed by atoms with Crippen LogP contribution >= 0.6 is 11.6 Å². The van der Waals surface area contributed by atoms with Crippen LogP contribution in [0.3, 0.4) is 0 Å². The van der Waals surface area contributed by atoms with Gasteiger partial charge in [-0.2, -0.15) is 0 Å². The Bertz CT molecular complexity index is 991. The molecule has 1 aromatic carbocycles. The monoisotopic (exact) mass is 383 g/mol. The first kappa shape index (κ1) is 19.0. The summed E-state index contributed by atoms with van der Waals surface area (Å²) < 4.78 is 12.7. The first-order chi connectivity index (χ1) is 13.0. The molecule has 2 heterocycles. The van der Waals surface area contributed by atoms with E-state index in [0.717, 1.165) is 23.2 Å². The van der Waals surface area contributed by atoms with E-state index in [-0.39, 0.29) is 5.91 Å². The zero-order valence-electron chi connectivity index (χ0n) is 15.1. The molecule has 0 aliphatic rings. The number of amides is 1. The highest BCUT2D eigenvalue weighted by Gasteiger charge is 2.13. The largest absolute Gasteiger partial charge is 0.322 e. The van der Waals surface area contributed by atoms with Crippen molar-refractivity contribution in [2.24, 2.45) is 0 Å². The summed E-state index contributed by atoms with van der Waals surface area (Å²) in [6.45, 7) is 3.09. The van der Waals surface area contributed by atoms with Crippen molar-refractivity contribution in [2.75, 3.05) is 5.32 Å². The molecule has 1 N–H and O–H groups in total. The molecule has 0 saturated carbocycles. The Hall–Kier alpha value is -2.79. The Kier molecular flexibility index (Phi) is 5.81. The lowest BCUT2D eigenvalue weighted by molar-refractivity contribution is 0.102. The van der Waals surface area contributed by atoms with E-state index in [9.17, 15) is 9.18 Å². The molecular formula is C21H19ClFN3O. The van der Waals surface area contributed by atoms with Crippen LogP contribution in [0, 0.1) is 6.92 Å². The summed E-state index contributed by atoms with van der Waals surface area (Å²) in [5, 5.41) is 3.40. The minimum atomic E-state index is -0.660. The fraction of sp³-hybridized carbons (Fsp3) is 0.190. The van der Waals surface area contributed by atoms with E-state index < -0.39 is 6.67 Å². The molecule has 3 aromatic rings. The number of hydrogen-bond donors (Lipinski definition) is 1. The molecule has 27 heavy (non-hydrogen) atoms. The normalized spacial score (nSPS) is 10.7. The molecule has 138 valence electrons. The lowest BCUT2D eigenvalue weighted by Gasteiger charge is -2.11. The molecule has 0 aliphatic heterocycles. The van der Waals surface area contributed by atoms with Crippen molar-refractivity contribution in [2.45, 2.75) is 26.9 Å². The van der Waals surface area contributed by atoms with Crippen LogP contribution in [0.2, 0.25) is 5.02 Å². The summed E-state index contributed by atoms with van der Waals surface area (Å²) in [4.78, 5) is 21.0. The molecule has 0 unspecified atom stereocenters. The number of alkyl halides is 1. The predicted octanol–water partition coefficient (Wildman–Crippen LogP) is 5.39. The van der Waals surface area contributed by atoms with Crippen LogP contribution in [0.1, 0.15) is 34.2 Å². The van der Waals surface area contributed by atoms with E-state index >= 15 is 0 Å². The summed E-state index contributed by atoms with van der Waals surface area (Å²) in [6, 6.07) is 12.3.